The molecule has 0 aliphatic rings. The van der Waals surface area contributed by atoms with Crippen molar-refractivity contribution in [2.45, 2.75) is 13.0 Å². The van der Waals surface area contributed by atoms with E-state index in [1.807, 2.05) is 0 Å². The number of ether oxygens (including phenoxy) is 1. The number of aromatic nitrogens is 1. The van der Waals surface area contributed by atoms with Gasteiger partial charge in [-0.3, -0.25) is 14.6 Å². The second-order valence-corrected chi connectivity index (χ2v) is 6.06. The summed E-state index contributed by atoms with van der Waals surface area (Å²) in [5, 5.41) is 2.71. The first-order valence-corrected chi connectivity index (χ1v) is 8.62. The molecule has 6 heteroatoms. The zero-order valence-electron chi connectivity index (χ0n) is 15.2. The molecule has 2 aromatic carbocycles. The van der Waals surface area contributed by atoms with Crippen LogP contribution in [-0.4, -0.2) is 22.6 Å². The average Bonchev–Trinajstić information content (AvgIpc) is 2.73. The number of hydrogen-bond acceptors (Lipinski definition) is 5. The smallest absolute Gasteiger partial charge is 0.340 e. The summed E-state index contributed by atoms with van der Waals surface area (Å²) in [4.78, 5) is 40.8. The van der Waals surface area contributed by atoms with Gasteiger partial charge in [0.1, 0.15) is 0 Å². The molecule has 0 bridgehead atoms. The van der Waals surface area contributed by atoms with Crippen LogP contribution in [0.2, 0.25) is 0 Å². The van der Waals surface area contributed by atoms with Crippen LogP contribution in [0.3, 0.4) is 0 Å². The summed E-state index contributed by atoms with van der Waals surface area (Å²) in [6.45, 7) is 1.45. The first kappa shape index (κ1) is 19.0. The Balaban J connectivity index is 1.84. The number of Topliss-reactive ketones (excluding diaryl/α,β-unsaturated/α-hetero) is 1. The number of hydrogen-bond donors (Lipinski definition) is 1. The number of pyridine rings is 1. The van der Waals surface area contributed by atoms with Crippen LogP contribution < -0.4 is 5.32 Å². The fourth-order valence-corrected chi connectivity index (χ4v) is 2.58. The van der Waals surface area contributed by atoms with Gasteiger partial charge in [0.05, 0.1) is 5.56 Å². The molecule has 3 rings (SSSR count). The average molecular weight is 374 g/mol. The molecule has 0 spiro atoms. The number of esters is 1. The molecule has 0 aliphatic heterocycles. The molecule has 3 aromatic rings. The lowest BCUT2D eigenvalue weighted by Gasteiger charge is -2.18. The van der Waals surface area contributed by atoms with Crippen LogP contribution in [0, 0.1) is 0 Å². The summed E-state index contributed by atoms with van der Waals surface area (Å²) in [7, 11) is 0. The Morgan fingerprint density at radius 3 is 2.36 bits per heavy atom. The van der Waals surface area contributed by atoms with Crippen LogP contribution in [0.25, 0.3) is 0 Å². The van der Waals surface area contributed by atoms with Gasteiger partial charge in [-0.25, -0.2) is 4.79 Å². The Morgan fingerprint density at radius 1 is 0.929 bits per heavy atom. The van der Waals surface area contributed by atoms with Gasteiger partial charge in [-0.05, 0) is 31.2 Å². The summed E-state index contributed by atoms with van der Waals surface area (Å²) in [5.41, 5.74) is 1.69. The topological polar surface area (TPSA) is 85.4 Å². The lowest BCUT2D eigenvalue weighted by Crippen LogP contribution is -2.26. The van der Waals surface area contributed by atoms with Crippen LogP contribution in [-0.2, 0) is 9.53 Å². The zero-order chi connectivity index (χ0) is 19.9. The van der Waals surface area contributed by atoms with E-state index in [9.17, 15) is 14.4 Å². The Bertz CT molecular complexity index is 988. The molecule has 140 valence electrons. The van der Waals surface area contributed by atoms with E-state index in [0.29, 0.717) is 16.8 Å². The van der Waals surface area contributed by atoms with Crippen LogP contribution in [0.4, 0.5) is 5.69 Å². The molecule has 0 unspecified atom stereocenters. The highest BCUT2D eigenvalue weighted by atomic mass is 16.5. The second kappa shape index (κ2) is 8.73. The summed E-state index contributed by atoms with van der Waals surface area (Å²) in [5.74, 6) is -1.29. The number of nitrogens with zero attached hydrogens (tertiary/aromatic N) is 1. The van der Waals surface area contributed by atoms with E-state index < -0.39 is 18.0 Å². The molecular formula is C22H18N2O4. The van der Waals surface area contributed by atoms with Gasteiger partial charge in [0.2, 0.25) is 6.10 Å². The lowest BCUT2D eigenvalue weighted by molar-refractivity contribution is -0.125. The van der Waals surface area contributed by atoms with Gasteiger partial charge in [0.15, 0.2) is 5.78 Å². The molecule has 28 heavy (non-hydrogen) atoms. The van der Waals surface area contributed by atoms with Crippen molar-refractivity contribution in [2.75, 3.05) is 5.32 Å². The number of amides is 1. The van der Waals surface area contributed by atoms with Gasteiger partial charge in [-0.15, -0.1) is 0 Å². The lowest BCUT2D eigenvalue weighted by atomic mass is 10.1. The van der Waals surface area contributed by atoms with Gasteiger partial charge in [-0.2, -0.15) is 0 Å². The van der Waals surface area contributed by atoms with Crippen molar-refractivity contribution in [3.63, 3.8) is 0 Å². The van der Waals surface area contributed by atoms with Gasteiger partial charge in [0, 0.05) is 29.2 Å². The molecule has 0 fully saturated rings. The molecule has 0 saturated heterocycles. The third-order valence-electron chi connectivity index (χ3n) is 4.00. The minimum atomic E-state index is -1.16. The van der Waals surface area contributed by atoms with Crippen LogP contribution in [0.5, 0.6) is 0 Å². The number of benzene rings is 2. The number of carbonyl (C=O) groups is 3. The largest absolute Gasteiger partial charge is 0.444 e. The van der Waals surface area contributed by atoms with E-state index in [-0.39, 0.29) is 11.3 Å². The van der Waals surface area contributed by atoms with E-state index in [4.69, 9.17) is 4.74 Å². The van der Waals surface area contributed by atoms with Crippen molar-refractivity contribution < 1.29 is 19.1 Å². The Kier molecular flexibility index (Phi) is 5.91. The van der Waals surface area contributed by atoms with Crippen LogP contribution in [0.15, 0.2) is 79.1 Å². The van der Waals surface area contributed by atoms with Crippen molar-refractivity contribution >= 4 is 23.3 Å². The molecule has 1 atom stereocenters. The normalized spacial score (nSPS) is 11.3. The number of nitrogens with one attached hydrogen (secondary N) is 1. The summed E-state index contributed by atoms with van der Waals surface area (Å²) in [6.07, 6.45) is 1.76. The Morgan fingerprint density at radius 2 is 1.68 bits per heavy atom. The first-order chi connectivity index (χ1) is 13.5. The summed E-state index contributed by atoms with van der Waals surface area (Å²) in [6, 6.07) is 18.5. The highest BCUT2D eigenvalue weighted by Gasteiger charge is 2.26. The predicted octanol–water partition coefficient (Wildman–Crippen LogP) is 3.82. The van der Waals surface area contributed by atoms with Crippen LogP contribution in [0.1, 0.15) is 39.3 Å². The van der Waals surface area contributed by atoms with Gasteiger partial charge in [-0.1, -0.05) is 42.5 Å². The molecule has 1 N–H and O–H groups in total. The standard InChI is InChI=1S/C22H18N2O4/c1-15(25)17-9-5-11-19(13-17)24-21(26)20(16-7-3-2-4-8-16)28-22(27)18-10-6-12-23-14-18/h2-14,20H,1H3,(H,24,26)/t20-/m0/s1. The number of ketones is 1. The maximum absolute atomic E-state index is 12.9. The summed E-state index contributed by atoms with van der Waals surface area (Å²) >= 11 is 0. The third kappa shape index (κ3) is 4.67. The van der Waals surface area contributed by atoms with E-state index in [0.717, 1.165) is 0 Å². The fourth-order valence-electron chi connectivity index (χ4n) is 2.58. The number of rotatable bonds is 6. The molecule has 0 saturated carbocycles. The van der Waals surface area contributed by atoms with Gasteiger partial charge >= 0.3 is 5.97 Å². The molecular weight excluding hydrogens is 356 g/mol. The Labute approximate surface area is 162 Å². The van der Waals surface area contributed by atoms with Gasteiger partial charge in [0.25, 0.3) is 5.91 Å². The van der Waals surface area contributed by atoms with E-state index in [1.165, 1.54) is 13.1 Å². The van der Waals surface area contributed by atoms with E-state index in [1.54, 1.807) is 72.9 Å². The van der Waals surface area contributed by atoms with Crippen molar-refractivity contribution in [2.24, 2.45) is 0 Å². The first-order valence-electron chi connectivity index (χ1n) is 8.62. The van der Waals surface area contributed by atoms with Crippen LogP contribution >= 0.6 is 0 Å². The molecule has 1 aromatic heterocycles. The second-order valence-electron chi connectivity index (χ2n) is 6.06. The highest BCUT2D eigenvalue weighted by molar-refractivity contribution is 6.00. The number of anilines is 1. The minimum Gasteiger partial charge on any atom is -0.444 e. The number of carbonyl (C=O) groups excluding carboxylic acids is 3. The fraction of sp³-hybridized carbons (Fsp3) is 0.0909. The monoisotopic (exact) mass is 374 g/mol. The zero-order valence-corrected chi connectivity index (χ0v) is 15.2. The summed E-state index contributed by atoms with van der Waals surface area (Å²) < 4.78 is 5.48. The predicted molar refractivity (Wildman–Crippen MR) is 104 cm³/mol. The molecule has 1 amide bonds. The van der Waals surface area contributed by atoms with Crippen molar-refractivity contribution in [3.05, 3.63) is 95.8 Å². The van der Waals surface area contributed by atoms with Gasteiger partial charge < -0.3 is 10.1 Å². The van der Waals surface area contributed by atoms with Crippen molar-refractivity contribution in [1.29, 1.82) is 0 Å². The van der Waals surface area contributed by atoms with Crippen molar-refractivity contribution in [1.82, 2.24) is 4.98 Å². The highest BCUT2D eigenvalue weighted by Crippen LogP contribution is 2.22. The maximum atomic E-state index is 12.9. The maximum Gasteiger partial charge on any atom is 0.340 e. The minimum absolute atomic E-state index is 0.112. The van der Waals surface area contributed by atoms with E-state index >= 15 is 0 Å². The molecule has 6 nitrogen and oxygen atoms in total. The Hall–Kier alpha value is -3.80. The molecule has 0 radical (unpaired) electrons. The molecule has 0 aliphatic carbocycles. The van der Waals surface area contributed by atoms with Crippen molar-refractivity contribution in [3.8, 4) is 0 Å². The van der Waals surface area contributed by atoms with E-state index in [2.05, 4.69) is 10.3 Å². The SMILES string of the molecule is CC(=O)c1cccc(NC(=O)[C@@H](OC(=O)c2cccnc2)c2ccccc2)c1. The third-order valence-corrected chi connectivity index (χ3v) is 4.00. The quantitative estimate of drug-likeness (QED) is 0.524. The molecule has 1 heterocycles.